The summed E-state index contributed by atoms with van der Waals surface area (Å²) in [6, 6.07) is 88.2. The van der Waals surface area contributed by atoms with E-state index in [9.17, 15) is 0 Å². The Labute approximate surface area is 438 Å². The van der Waals surface area contributed by atoms with Crippen molar-refractivity contribution >= 4 is 60.9 Å². The van der Waals surface area contributed by atoms with Crippen LogP contribution in [-0.4, -0.2) is 8.07 Å². The van der Waals surface area contributed by atoms with Crippen molar-refractivity contribution in [2.24, 2.45) is 5.41 Å². The maximum Gasteiger partial charge on any atom is 0.0995 e. The Kier molecular flexibility index (Phi) is 17.1. The van der Waals surface area contributed by atoms with Crippen LogP contribution in [0.2, 0.25) is 0 Å². The quantitative estimate of drug-likeness (QED) is 0.0728. The minimum absolute atomic E-state index is 0. The minimum Gasteiger partial charge on any atom is -0.269 e. The minimum atomic E-state index is -3.39. The van der Waals surface area contributed by atoms with Crippen molar-refractivity contribution in [2.75, 3.05) is 0 Å². The molecule has 0 radical (unpaired) electrons. The summed E-state index contributed by atoms with van der Waals surface area (Å²) in [5.74, 6) is 0. The van der Waals surface area contributed by atoms with Gasteiger partial charge in [0.05, 0.1) is 8.07 Å². The molecular formula is C63H54Cl3SiTi-. The Morgan fingerprint density at radius 3 is 0.750 bits per heavy atom. The third-order valence-electron chi connectivity index (χ3n) is 12.7. The fourth-order valence-corrected chi connectivity index (χ4v) is 15.2. The van der Waals surface area contributed by atoms with Gasteiger partial charge in [-0.05, 0) is 90.4 Å². The molecule has 0 amide bonds. The van der Waals surface area contributed by atoms with Crippen LogP contribution in [0.5, 0.6) is 0 Å². The zero-order valence-electron chi connectivity index (χ0n) is 38.5. The molecule has 0 bridgehead atoms. The predicted octanol–water partition coefficient (Wildman–Crippen LogP) is 16.1. The smallest absolute Gasteiger partial charge is 0.0995 e. The Bertz CT molecular complexity index is 2650. The molecule has 0 spiro atoms. The molecule has 9 aromatic carbocycles. The van der Waals surface area contributed by atoms with Gasteiger partial charge in [0.2, 0.25) is 0 Å². The summed E-state index contributed by atoms with van der Waals surface area (Å²) in [6.07, 6.45) is 7.31. The van der Waals surface area contributed by atoms with E-state index in [4.69, 9.17) is 0 Å². The fraction of sp³-hybridized carbons (Fsp3) is 0.0794. The molecule has 0 aliphatic heterocycles. The number of allylic oxidation sites excluding steroid dienone is 4. The third kappa shape index (κ3) is 10.5. The van der Waals surface area contributed by atoms with E-state index in [0.717, 1.165) is 6.42 Å². The summed E-state index contributed by atoms with van der Waals surface area (Å²) in [4.78, 5) is 0. The number of rotatable bonds is 10. The van der Waals surface area contributed by atoms with Gasteiger partial charge in [0.1, 0.15) is 0 Å². The molecule has 68 heavy (non-hydrogen) atoms. The SMILES string of the molecule is CC(C)(C)C1=[C-]CC=C1[Si](c1cc(-c2ccccc2)cc(-c2ccccc2)c1)(c1cc(-c2ccccc2)cc(-c2ccccc2)c1)c1cc(-c2ccccc2)cc(-c2ccccc2)c1.Cl.Cl.Cl.[Ti]. The molecule has 10 rings (SSSR count). The monoisotopic (exact) mass is 991 g/mol. The number of hydrogen-bond acceptors (Lipinski definition) is 0. The maximum absolute atomic E-state index is 4.00. The Morgan fingerprint density at radius 1 is 0.324 bits per heavy atom. The molecule has 0 nitrogen and oxygen atoms in total. The summed E-state index contributed by atoms with van der Waals surface area (Å²) in [5.41, 5.74) is 15.6. The molecule has 1 aliphatic carbocycles. The van der Waals surface area contributed by atoms with E-state index in [2.05, 4.69) is 270 Å². The zero-order chi connectivity index (χ0) is 43.5. The van der Waals surface area contributed by atoms with Crippen LogP contribution in [0.15, 0.2) is 253 Å². The molecule has 0 heterocycles. The van der Waals surface area contributed by atoms with Crippen molar-refractivity contribution < 1.29 is 21.7 Å². The molecule has 0 saturated carbocycles. The number of benzene rings is 9. The van der Waals surface area contributed by atoms with Crippen molar-refractivity contribution in [3.05, 3.63) is 260 Å². The van der Waals surface area contributed by atoms with Crippen molar-refractivity contribution in [3.8, 4) is 66.8 Å². The average Bonchev–Trinajstić information content (AvgIpc) is 3.87. The second kappa shape index (κ2) is 22.6. The summed E-state index contributed by atoms with van der Waals surface area (Å²) in [7, 11) is -3.39. The second-order valence-corrected chi connectivity index (χ2v) is 21.7. The Hall–Kier alpha value is -5.74. The van der Waals surface area contributed by atoms with E-state index in [1.165, 1.54) is 93.1 Å². The van der Waals surface area contributed by atoms with Crippen LogP contribution in [0.4, 0.5) is 0 Å². The first kappa shape index (κ1) is 51.6. The van der Waals surface area contributed by atoms with E-state index in [-0.39, 0.29) is 64.4 Å². The van der Waals surface area contributed by atoms with E-state index >= 15 is 0 Å². The molecule has 0 N–H and O–H groups in total. The van der Waals surface area contributed by atoms with Crippen molar-refractivity contribution in [1.29, 1.82) is 0 Å². The first-order valence-electron chi connectivity index (χ1n) is 22.5. The van der Waals surface area contributed by atoms with Crippen LogP contribution in [0.1, 0.15) is 27.2 Å². The third-order valence-corrected chi connectivity index (χ3v) is 17.5. The zero-order valence-corrected chi connectivity index (χ0v) is 43.5. The van der Waals surface area contributed by atoms with Crippen molar-refractivity contribution in [2.45, 2.75) is 27.2 Å². The fourth-order valence-electron chi connectivity index (χ4n) is 9.74. The molecule has 0 unspecified atom stereocenters. The van der Waals surface area contributed by atoms with Gasteiger partial charge in [-0.1, -0.05) is 255 Å². The van der Waals surface area contributed by atoms with Gasteiger partial charge in [0.25, 0.3) is 0 Å². The molecule has 336 valence electrons. The van der Waals surface area contributed by atoms with Gasteiger partial charge >= 0.3 is 0 Å². The van der Waals surface area contributed by atoms with Crippen molar-refractivity contribution in [1.82, 2.24) is 0 Å². The van der Waals surface area contributed by atoms with Gasteiger partial charge in [0, 0.05) is 21.7 Å². The standard InChI is InChI=1S/C63H51Si.3ClH.Ti/c1-63(2,3)61-35-22-36-62(61)64(58-40-52(46-23-10-4-11-24-46)37-53(41-58)47-25-12-5-13-26-47,59-42-54(48-27-14-6-15-28-48)38-55(43-59)49-29-16-7-17-30-49)60-44-56(50-31-18-8-19-32-50)39-57(45-60)51-33-20-9-21-34-51;;;;/h4-21,23-34,36-45H,22H2,1-3H3;3*1H;/q-1;;;;. The molecule has 0 fully saturated rings. The van der Waals surface area contributed by atoms with Gasteiger partial charge < -0.3 is 0 Å². The summed E-state index contributed by atoms with van der Waals surface area (Å²) < 4.78 is 0. The number of hydrogen-bond donors (Lipinski definition) is 0. The van der Waals surface area contributed by atoms with Crippen LogP contribution in [0, 0.1) is 11.5 Å². The molecular weight excluding hydrogens is 939 g/mol. The van der Waals surface area contributed by atoms with Gasteiger partial charge in [-0.15, -0.1) is 43.6 Å². The van der Waals surface area contributed by atoms with Crippen LogP contribution in [0.25, 0.3) is 66.8 Å². The molecule has 1 aliphatic rings. The van der Waals surface area contributed by atoms with E-state index < -0.39 is 8.07 Å². The second-order valence-electron chi connectivity index (χ2n) is 18.0. The van der Waals surface area contributed by atoms with E-state index in [1.807, 2.05) is 0 Å². The van der Waals surface area contributed by atoms with Gasteiger partial charge in [0.15, 0.2) is 0 Å². The summed E-state index contributed by atoms with van der Waals surface area (Å²) in [6.45, 7) is 7.11. The van der Waals surface area contributed by atoms with E-state index in [1.54, 1.807) is 0 Å². The average molecular weight is 993 g/mol. The van der Waals surface area contributed by atoms with Crippen LogP contribution in [-0.2, 0) is 21.7 Å². The topological polar surface area (TPSA) is 0 Å². The number of halogens is 3. The van der Waals surface area contributed by atoms with E-state index in [0.29, 0.717) is 0 Å². The Balaban J connectivity index is 0.00000190. The molecule has 9 aromatic rings. The largest absolute Gasteiger partial charge is 0.269 e. The van der Waals surface area contributed by atoms with Crippen LogP contribution in [0.3, 0.4) is 0 Å². The van der Waals surface area contributed by atoms with Crippen molar-refractivity contribution in [3.63, 3.8) is 0 Å². The summed E-state index contributed by atoms with van der Waals surface area (Å²) >= 11 is 0. The molecule has 5 heteroatoms. The molecule has 0 aromatic heterocycles. The first-order valence-corrected chi connectivity index (χ1v) is 24.5. The van der Waals surface area contributed by atoms with Crippen LogP contribution >= 0.6 is 37.2 Å². The van der Waals surface area contributed by atoms with Crippen LogP contribution < -0.4 is 15.6 Å². The Morgan fingerprint density at radius 2 is 0.544 bits per heavy atom. The molecule has 0 atom stereocenters. The summed E-state index contributed by atoms with van der Waals surface area (Å²) in [5, 5.41) is 5.45. The normalized spacial score (nSPS) is 12.0. The van der Waals surface area contributed by atoms with Gasteiger partial charge in [-0.2, -0.15) is 11.3 Å². The predicted molar refractivity (Wildman–Crippen MR) is 297 cm³/mol. The first-order chi connectivity index (χ1) is 31.3. The van der Waals surface area contributed by atoms with Gasteiger partial charge in [-0.25, -0.2) is 5.57 Å². The maximum atomic E-state index is 4.00. The van der Waals surface area contributed by atoms with Gasteiger partial charge in [-0.3, -0.25) is 6.08 Å². The molecule has 0 saturated heterocycles.